The number of carbonyl (C=O) groups is 3. The number of benzene rings is 3. The lowest BCUT2D eigenvalue weighted by Gasteiger charge is -2.37. The predicted molar refractivity (Wildman–Crippen MR) is 175 cm³/mol. The maximum Gasteiger partial charge on any atom is 0.250 e. The zero-order valence-corrected chi connectivity index (χ0v) is 27.3. The molecular weight excluding hydrogens is 662 g/mol. The molecule has 3 aliphatic rings. The van der Waals surface area contributed by atoms with E-state index in [1.807, 2.05) is 50.2 Å². The van der Waals surface area contributed by atoms with E-state index >= 15 is 0 Å². The molecule has 3 unspecified atom stereocenters. The number of para-hydroxylation sites is 1. The first kappa shape index (κ1) is 31.5. The third-order valence-electron chi connectivity index (χ3n) is 9.10. The highest BCUT2D eigenvalue weighted by Gasteiger charge is 2.77. The summed E-state index contributed by atoms with van der Waals surface area (Å²) in [6.07, 6.45) is 0.00807. The van der Waals surface area contributed by atoms with Gasteiger partial charge in [-0.3, -0.25) is 14.4 Å². The van der Waals surface area contributed by atoms with Crippen molar-refractivity contribution in [2.45, 2.75) is 55.3 Å². The molecule has 0 saturated carbocycles. The number of anilines is 2. The predicted octanol–water partition coefficient (Wildman–Crippen LogP) is 4.98. The topological polar surface area (TPSA) is 117 Å². The molecule has 3 aromatic rings. The zero-order valence-electron chi connectivity index (χ0n) is 24.9. The van der Waals surface area contributed by atoms with Gasteiger partial charge in [0.25, 0.3) is 0 Å². The van der Waals surface area contributed by atoms with Crippen molar-refractivity contribution in [1.82, 2.24) is 4.90 Å². The number of nitrogens with one attached hydrogen (secondary N) is 2. The van der Waals surface area contributed by atoms with E-state index in [-0.39, 0.29) is 17.3 Å². The summed E-state index contributed by atoms with van der Waals surface area (Å²) in [6, 6.07) is 19.9. The van der Waals surface area contributed by atoms with Gasteiger partial charge in [-0.25, -0.2) is 0 Å². The van der Waals surface area contributed by atoms with Crippen LogP contribution in [0.5, 0.6) is 5.75 Å². The van der Waals surface area contributed by atoms with Crippen LogP contribution in [0.15, 0.2) is 72.8 Å². The van der Waals surface area contributed by atoms with Gasteiger partial charge in [-0.2, -0.15) is 0 Å². The van der Waals surface area contributed by atoms with Gasteiger partial charge in [-0.15, -0.1) is 0 Å². The molecule has 3 N–H and O–H groups in total. The van der Waals surface area contributed by atoms with Gasteiger partial charge in [0, 0.05) is 10.5 Å². The fraction of sp³-hybridized carbons (Fsp3) is 0.382. The number of aliphatic hydroxyl groups excluding tert-OH is 1. The molecule has 0 radical (unpaired) electrons. The number of likely N-dealkylation sites (tertiary alicyclic amines) is 1. The Morgan fingerprint density at radius 1 is 1.09 bits per heavy atom. The summed E-state index contributed by atoms with van der Waals surface area (Å²) in [7, 11) is 0. The number of amides is 3. The second kappa shape index (κ2) is 12.7. The Bertz CT molecular complexity index is 1570. The van der Waals surface area contributed by atoms with Crippen LogP contribution in [-0.4, -0.2) is 69.6 Å². The van der Waals surface area contributed by atoms with Gasteiger partial charge in [0.15, 0.2) is 0 Å². The van der Waals surface area contributed by atoms with Gasteiger partial charge in [0.2, 0.25) is 17.7 Å². The van der Waals surface area contributed by atoms with Crippen LogP contribution in [0.1, 0.15) is 24.5 Å². The highest BCUT2D eigenvalue weighted by atomic mass is 79.9. The molecule has 3 heterocycles. The fourth-order valence-corrected chi connectivity index (χ4v) is 8.42. The minimum atomic E-state index is -1.31. The van der Waals surface area contributed by atoms with Crippen molar-refractivity contribution in [2.24, 2.45) is 11.8 Å². The molecule has 6 rings (SSSR count). The van der Waals surface area contributed by atoms with Crippen molar-refractivity contribution in [3.8, 4) is 5.75 Å². The average Bonchev–Trinajstić information content (AvgIpc) is 3.62. The van der Waals surface area contributed by atoms with E-state index in [4.69, 9.17) is 21.1 Å². The third kappa shape index (κ3) is 5.62. The lowest BCUT2D eigenvalue weighted by molar-refractivity contribution is -0.143. The van der Waals surface area contributed by atoms with Crippen LogP contribution >= 0.6 is 27.5 Å². The molecule has 0 aliphatic carbocycles. The molecule has 9 nitrogen and oxygen atoms in total. The molecule has 7 atom stereocenters. The number of fused-ring (bicyclic) bond motifs is 1. The van der Waals surface area contributed by atoms with Crippen molar-refractivity contribution < 1.29 is 29.0 Å². The Morgan fingerprint density at radius 2 is 1.82 bits per heavy atom. The van der Waals surface area contributed by atoms with Crippen LogP contribution in [0, 0.1) is 18.8 Å². The Hall–Kier alpha value is -3.44. The van der Waals surface area contributed by atoms with Crippen molar-refractivity contribution >= 4 is 56.6 Å². The number of ether oxygens (including phenoxy) is 2. The zero-order chi connectivity index (χ0) is 31.9. The third-order valence-corrected chi connectivity index (χ3v) is 10.3. The van der Waals surface area contributed by atoms with Crippen LogP contribution in [-0.2, 0) is 25.5 Å². The number of nitrogens with zero attached hydrogens (tertiary/aromatic N) is 1. The molecule has 236 valence electrons. The first-order chi connectivity index (χ1) is 21.7. The summed E-state index contributed by atoms with van der Waals surface area (Å²) in [6.45, 7) is 3.86. The highest BCUT2D eigenvalue weighted by Crippen LogP contribution is 2.60. The normalized spacial score (nSPS) is 27.3. The average molecular weight is 697 g/mol. The van der Waals surface area contributed by atoms with E-state index in [1.54, 1.807) is 36.4 Å². The van der Waals surface area contributed by atoms with Crippen LogP contribution in [0.4, 0.5) is 11.4 Å². The number of hydrogen-bond donors (Lipinski definition) is 3. The molecule has 11 heteroatoms. The largest absolute Gasteiger partial charge is 0.494 e. The summed E-state index contributed by atoms with van der Waals surface area (Å²) < 4.78 is 12.1. The van der Waals surface area contributed by atoms with Crippen molar-refractivity contribution in [2.75, 3.05) is 23.8 Å². The van der Waals surface area contributed by atoms with Gasteiger partial charge in [0.05, 0.1) is 47.9 Å². The molecule has 3 saturated heterocycles. The first-order valence-electron chi connectivity index (χ1n) is 15.1. The van der Waals surface area contributed by atoms with E-state index < -0.39 is 47.4 Å². The minimum Gasteiger partial charge on any atom is -0.494 e. The molecule has 2 bridgehead atoms. The molecule has 3 aromatic carbocycles. The number of halogens is 2. The van der Waals surface area contributed by atoms with Crippen molar-refractivity contribution in [3.05, 3.63) is 88.9 Å². The number of rotatable bonds is 10. The Labute approximate surface area is 275 Å². The molecule has 3 aliphatic heterocycles. The molecular formula is C34H35BrClN3O6. The summed E-state index contributed by atoms with van der Waals surface area (Å²) in [5.41, 5.74) is 1.34. The fourth-order valence-electron chi connectivity index (χ4n) is 7.21. The highest BCUT2D eigenvalue weighted by molar-refractivity contribution is 9.09. The van der Waals surface area contributed by atoms with E-state index in [0.717, 1.165) is 11.1 Å². The Kier molecular flexibility index (Phi) is 8.94. The number of hydrogen-bond acceptors (Lipinski definition) is 6. The smallest absolute Gasteiger partial charge is 0.250 e. The van der Waals surface area contributed by atoms with Gasteiger partial charge >= 0.3 is 0 Å². The van der Waals surface area contributed by atoms with E-state index in [2.05, 4.69) is 26.6 Å². The van der Waals surface area contributed by atoms with Crippen LogP contribution in [0.25, 0.3) is 0 Å². The van der Waals surface area contributed by atoms with E-state index in [9.17, 15) is 19.5 Å². The lowest BCUT2D eigenvalue weighted by Crippen LogP contribution is -2.57. The molecule has 45 heavy (non-hydrogen) atoms. The van der Waals surface area contributed by atoms with Crippen LogP contribution in [0.3, 0.4) is 0 Å². The molecule has 0 aromatic heterocycles. The summed E-state index contributed by atoms with van der Waals surface area (Å²) in [5, 5.41) is 16.9. The van der Waals surface area contributed by atoms with Gasteiger partial charge in [0.1, 0.15) is 17.4 Å². The van der Waals surface area contributed by atoms with Crippen LogP contribution < -0.4 is 15.4 Å². The molecule has 3 fully saturated rings. The number of carbonyl (C=O) groups excluding carboxylic acids is 3. The Balaban J connectivity index is 1.37. The second-order valence-electron chi connectivity index (χ2n) is 11.8. The standard InChI is InChI=1S/C34H35BrClN3O6/c1-3-44-23-14-12-21(13-15-23)37-31(41)26-27-33(43)39(22(18-40)16-20-9-5-4-6-10-20)30(34(27)17-24(35)29(26)45-34)32(42)38-28-19(2)8-7-11-25(28)36/h4-15,22,24,26-27,29-30,40H,3,16-18H2,1-2H3,(H,37,41)(H,38,42)/t22-,24?,26-,27+,29-,30?,34?/m1/s1. The van der Waals surface area contributed by atoms with Crippen LogP contribution in [0.2, 0.25) is 5.02 Å². The lowest BCUT2D eigenvalue weighted by atomic mass is 9.70. The molecule has 1 spiro atoms. The maximum atomic E-state index is 14.6. The summed E-state index contributed by atoms with van der Waals surface area (Å²) >= 11 is 10.2. The summed E-state index contributed by atoms with van der Waals surface area (Å²) in [5.74, 6) is -2.39. The summed E-state index contributed by atoms with van der Waals surface area (Å²) in [4.78, 5) is 44.1. The van der Waals surface area contributed by atoms with E-state index in [0.29, 0.717) is 41.6 Å². The second-order valence-corrected chi connectivity index (χ2v) is 13.4. The maximum absolute atomic E-state index is 14.6. The van der Waals surface area contributed by atoms with Crippen molar-refractivity contribution in [3.63, 3.8) is 0 Å². The van der Waals surface area contributed by atoms with E-state index in [1.165, 1.54) is 4.90 Å². The number of alkyl halides is 1. The number of aliphatic hydroxyl groups is 1. The number of aryl methyl sites for hydroxylation is 1. The Morgan fingerprint density at radius 3 is 2.49 bits per heavy atom. The SMILES string of the molecule is CCOc1ccc(NC(=O)[C@H]2[C@@H]3OC4(CC3Br)C(C(=O)Nc3c(C)cccc3Cl)N([C@@H](CO)Cc3ccccc3)C(=O)[C@H]24)cc1. The molecule has 3 amide bonds. The van der Waals surface area contributed by atoms with Gasteiger partial charge in [-0.1, -0.05) is 70.0 Å². The van der Waals surface area contributed by atoms with Gasteiger partial charge in [-0.05, 0) is 68.1 Å². The van der Waals surface area contributed by atoms with Gasteiger partial charge < -0.3 is 30.1 Å². The first-order valence-corrected chi connectivity index (χ1v) is 16.4. The quantitative estimate of drug-likeness (QED) is 0.258. The van der Waals surface area contributed by atoms with Crippen molar-refractivity contribution in [1.29, 1.82) is 0 Å². The minimum absolute atomic E-state index is 0.281. The monoisotopic (exact) mass is 695 g/mol.